The third-order valence-electron chi connectivity index (χ3n) is 2.20. The SMILES string of the molecule is CCc1[c]cc(-c2ccccc2)nc1. The Morgan fingerprint density at radius 1 is 1.21 bits per heavy atom. The second-order valence-electron chi connectivity index (χ2n) is 3.18. The van der Waals surface area contributed by atoms with Crippen LogP contribution in [0.25, 0.3) is 11.3 Å². The number of hydrogen-bond acceptors (Lipinski definition) is 1. The van der Waals surface area contributed by atoms with Crippen molar-refractivity contribution in [3.8, 4) is 11.3 Å². The first-order chi connectivity index (χ1) is 6.90. The molecule has 0 spiro atoms. The highest BCUT2D eigenvalue weighted by Crippen LogP contribution is 2.15. The molecule has 0 atom stereocenters. The Bertz CT molecular complexity index is 389. The molecule has 0 bridgehead atoms. The van der Waals surface area contributed by atoms with E-state index in [-0.39, 0.29) is 0 Å². The molecule has 0 fully saturated rings. The van der Waals surface area contributed by atoms with Crippen LogP contribution in [0.1, 0.15) is 12.5 Å². The van der Waals surface area contributed by atoms with Gasteiger partial charge >= 0.3 is 0 Å². The van der Waals surface area contributed by atoms with E-state index in [1.807, 2.05) is 30.5 Å². The molecule has 0 amide bonds. The summed E-state index contributed by atoms with van der Waals surface area (Å²) in [5.74, 6) is 0. The normalized spacial score (nSPS) is 10.1. The van der Waals surface area contributed by atoms with Gasteiger partial charge in [0.05, 0.1) is 5.69 Å². The number of nitrogens with zero attached hydrogens (tertiary/aromatic N) is 1. The van der Waals surface area contributed by atoms with Crippen molar-refractivity contribution in [2.75, 3.05) is 0 Å². The molecule has 0 saturated heterocycles. The first-order valence-corrected chi connectivity index (χ1v) is 4.82. The third-order valence-corrected chi connectivity index (χ3v) is 2.20. The van der Waals surface area contributed by atoms with Crippen LogP contribution >= 0.6 is 0 Å². The van der Waals surface area contributed by atoms with E-state index in [0.29, 0.717) is 0 Å². The van der Waals surface area contributed by atoms with Crippen molar-refractivity contribution in [1.82, 2.24) is 4.98 Å². The van der Waals surface area contributed by atoms with Gasteiger partial charge in [0.25, 0.3) is 0 Å². The fraction of sp³-hybridized carbons (Fsp3) is 0.154. The zero-order valence-corrected chi connectivity index (χ0v) is 8.20. The van der Waals surface area contributed by atoms with Crippen molar-refractivity contribution in [2.24, 2.45) is 0 Å². The Morgan fingerprint density at radius 2 is 2.00 bits per heavy atom. The molecule has 1 radical (unpaired) electrons. The predicted molar refractivity (Wildman–Crippen MR) is 57.9 cm³/mol. The highest BCUT2D eigenvalue weighted by atomic mass is 14.7. The van der Waals surface area contributed by atoms with Crippen LogP contribution in [0.3, 0.4) is 0 Å². The second-order valence-corrected chi connectivity index (χ2v) is 3.18. The van der Waals surface area contributed by atoms with Crippen LogP contribution in [-0.4, -0.2) is 4.98 Å². The van der Waals surface area contributed by atoms with Crippen molar-refractivity contribution in [2.45, 2.75) is 13.3 Å². The van der Waals surface area contributed by atoms with E-state index in [2.05, 4.69) is 30.1 Å². The second kappa shape index (κ2) is 4.05. The molecule has 1 nitrogen and oxygen atoms in total. The Hall–Kier alpha value is -1.63. The summed E-state index contributed by atoms with van der Waals surface area (Å²) in [6.07, 6.45) is 2.88. The number of pyridine rings is 1. The summed E-state index contributed by atoms with van der Waals surface area (Å²) in [6.45, 7) is 2.11. The van der Waals surface area contributed by atoms with Crippen molar-refractivity contribution in [3.05, 3.63) is 54.2 Å². The molecule has 1 heteroatoms. The van der Waals surface area contributed by atoms with E-state index >= 15 is 0 Å². The van der Waals surface area contributed by atoms with Crippen LogP contribution in [0.2, 0.25) is 0 Å². The minimum Gasteiger partial charge on any atom is -0.256 e. The monoisotopic (exact) mass is 182 g/mol. The Morgan fingerprint density at radius 3 is 2.57 bits per heavy atom. The molecule has 0 aliphatic heterocycles. The number of aromatic nitrogens is 1. The van der Waals surface area contributed by atoms with Crippen LogP contribution in [0.5, 0.6) is 0 Å². The van der Waals surface area contributed by atoms with Gasteiger partial charge in [-0.2, -0.15) is 0 Å². The molecule has 0 aliphatic rings. The van der Waals surface area contributed by atoms with Gasteiger partial charge in [0, 0.05) is 11.8 Å². The summed E-state index contributed by atoms with van der Waals surface area (Å²) in [7, 11) is 0. The number of hydrogen-bond donors (Lipinski definition) is 0. The molecule has 2 rings (SSSR count). The van der Waals surface area contributed by atoms with Crippen LogP contribution < -0.4 is 0 Å². The molecule has 0 N–H and O–H groups in total. The van der Waals surface area contributed by atoms with E-state index in [1.165, 1.54) is 0 Å². The third kappa shape index (κ3) is 1.82. The zero-order chi connectivity index (χ0) is 9.80. The summed E-state index contributed by atoms with van der Waals surface area (Å²) < 4.78 is 0. The van der Waals surface area contributed by atoms with Crippen molar-refractivity contribution in [1.29, 1.82) is 0 Å². The molecule has 69 valence electrons. The summed E-state index contributed by atoms with van der Waals surface area (Å²) in [5, 5.41) is 0. The summed E-state index contributed by atoms with van der Waals surface area (Å²) in [6, 6.07) is 15.3. The first-order valence-electron chi connectivity index (χ1n) is 4.82. The molecular weight excluding hydrogens is 170 g/mol. The van der Waals surface area contributed by atoms with E-state index in [1.54, 1.807) is 0 Å². The van der Waals surface area contributed by atoms with Crippen LogP contribution in [0, 0.1) is 6.07 Å². The van der Waals surface area contributed by atoms with Gasteiger partial charge in [-0.25, -0.2) is 0 Å². The van der Waals surface area contributed by atoms with Gasteiger partial charge in [-0.3, -0.25) is 4.98 Å². The molecular formula is C13H12N. The summed E-state index contributed by atoms with van der Waals surface area (Å²) >= 11 is 0. The van der Waals surface area contributed by atoms with Gasteiger partial charge in [0.2, 0.25) is 0 Å². The number of rotatable bonds is 2. The maximum absolute atomic E-state index is 4.39. The lowest BCUT2D eigenvalue weighted by molar-refractivity contribution is 1.10. The van der Waals surface area contributed by atoms with Gasteiger partial charge in [0.15, 0.2) is 0 Å². The first kappa shape index (κ1) is 8.95. The lowest BCUT2D eigenvalue weighted by Crippen LogP contribution is -1.86. The number of aryl methyl sites for hydroxylation is 1. The van der Waals surface area contributed by atoms with Crippen LogP contribution in [0.4, 0.5) is 0 Å². The van der Waals surface area contributed by atoms with Crippen molar-refractivity contribution >= 4 is 0 Å². The smallest absolute Gasteiger partial charge is 0.0708 e. The average Bonchev–Trinajstić information content (AvgIpc) is 2.30. The molecule has 1 heterocycles. The maximum atomic E-state index is 4.39. The van der Waals surface area contributed by atoms with E-state index in [0.717, 1.165) is 23.2 Å². The Labute approximate surface area is 84.4 Å². The van der Waals surface area contributed by atoms with E-state index in [4.69, 9.17) is 0 Å². The van der Waals surface area contributed by atoms with E-state index < -0.39 is 0 Å². The molecule has 14 heavy (non-hydrogen) atoms. The van der Waals surface area contributed by atoms with Gasteiger partial charge in [0.1, 0.15) is 0 Å². The topological polar surface area (TPSA) is 12.9 Å². The molecule has 0 unspecified atom stereocenters. The number of benzene rings is 1. The van der Waals surface area contributed by atoms with Crippen LogP contribution in [0.15, 0.2) is 42.6 Å². The lowest BCUT2D eigenvalue weighted by atomic mass is 10.1. The minimum absolute atomic E-state index is 0.988. The van der Waals surface area contributed by atoms with E-state index in [9.17, 15) is 0 Å². The fourth-order valence-corrected chi connectivity index (χ4v) is 1.34. The Kier molecular flexibility index (Phi) is 2.59. The molecule has 2 aromatic rings. The standard InChI is InChI=1S/C13H12N/c1-2-11-8-9-13(14-10-11)12-6-4-3-5-7-12/h3-7,9-10H,2H2,1H3. The summed E-state index contributed by atoms with van der Waals surface area (Å²) in [4.78, 5) is 4.39. The predicted octanol–water partition coefficient (Wildman–Crippen LogP) is 3.11. The minimum atomic E-state index is 0.988. The Balaban J connectivity index is 2.34. The molecule has 1 aromatic carbocycles. The van der Waals surface area contributed by atoms with Crippen LogP contribution in [-0.2, 0) is 6.42 Å². The molecule has 0 saturated carbocycles. The fourth-order valence-electron chi connectivity index (χ4n) is 1.34. The average molecular weight is 182 g/mol. The maximum Gasteiger partial charge on any atom is 0.0708 e. The molecule has 1 aromatic heterocycles. The van der Waals surface area contributed by atoms with Gasteiger partial charge in [-0.15, -0.1) is 0 Å². The zero-order valence-electron chi connectivity index (χ0n) is 8.20. The van der Waals surface area contributed by atoms with Gasteiger partial charge < -0.3 is 0 Å². The van der Waals surface area contributed by atoms with Crippen molar-refractivity contribution < 1.29 is 0 Å². The lowest BCUT2D eigenvalue weighted by Gasteiger charge is -2.00. The van der Waals surface area contributed by atoms with Crippen molar-refractivity contribution in [3.63, 3.8) is 0 Å². The quantitative estimate of drug-likeness (QED) is 0.695. The van der Waals surface area contributed by atoms with Gasteiger partial charge in [-0.1, -0.05) is 37.3 Å². The van der Waals surface area contributed by atoms with Gasteiger partial charge in [-0.05, 0) is 24.1 Å². The largest absolute Gasteiger partial charge is 0.256 e. The summed E-state index contributed by atoms with van der Waals surface area (Å²) in [5.41, 5.74) is 3.29. The highest BCUT2D eigenvalue weighted by molar-refractivity contribution is 5.58. The molecule has 0 aliphatic carbocycles. The highest BCUT2D eigenvalue weighted by Gasteiger charge is 1.97.